The fraction of sp³-hybridized carbons (Fsp3) is 0.375. The summed E-state index contributed by atoms with van der Waals surface area (Å²) in [5.74, 6) is 0.411. The zero-order chi connectivity index (χ0) is 31.0. The molecule has 0 fully saturated rings. The van der Waals surface area contributed by atoms with Crippen molar-refractivity contribution in [2.24, 2.45) is 0 Å². The molecule has 11 heteroatoms. The molecular weight excluding hydrogens is 570 g/mol. The zero-order valence-corrected chi connectivity index (χ0v) is 25.8. The third-order valence-corrected chi connectivity index (χ3v) is 9.12. The molecule has 1 aliphatic rings. The van der Waals surface area contributed by atoms with Gasteiger partial charge in [0.1, 0.15) is 18.3 Å². The molecule has 43 heavy (non-hydrogen) atoms. The zero-order valence-electron chi connectivity index (χ0n) is 25.0. The maximum atomic E-state index is 14.3. The van der Waals surface area contributed by atoms with Gasteiger partial charge in [-0.05, 0) is 55.7 Å². The number of sulfonamides is 1. The number of hydrogen-bond acceptors (Lipinski definition) is 7. The SMILES string of the molecule is CC[C@@H](C)NC(=O)[C@H](Cc1ccccc1)N(Cc1cccc(OC)c1)C(=O)CN(c1ccc2c(c1)OCO2)S(=O)(=O)CC. The summed E-state index contributed by atoms with van der Waals surface area (Å²) in [5.41, 5.74) is 1.86. The quantitative estimate of drug-likeness (QED) is 0.292. The summed E-state index contributed by atoms with van der Waals surface area (Å²) in [6.07, 6.45) is 0.948. The van der Waals surface area contributed by atoms with Crippen LogP contribution < -0.4 is 23.8 Å². The van der Waals surface area contributed by atoms with Crippen molar-refractivity contribution in [3.8, 4) is 17.2 Å². The third-order valence-electron chi connectivity index (χ3n) is 7.38. The highest BCUT2D eigenvalue weighted by Gasteiger charge is 2.34. The summed E-state index contributed by atoms with van der Waals surface area (Å²) in [7, 11) is -2.35. The van der Waals surface area contributed by atoms with Crippen LogP contribution in [0.15, 0.2) is 72.8 Å². The molecule has 10 nitrogen and oxygen atoms in total. The molecule has 0 saturated carbocycles. The molecule has 3 aromatic carbocycles. The number of carbonyl (C=O) groups excluding carboxylic acids is 2. The van der Waals surface area contributed by atoms with E-state index in [1.165, 1.54) is 11.8 Å². The molecule has 0 unspecified atom stereocenters. The number of carbonyl (C=O) groups is 2. The van der Waals surface area contributed by atoms with Gasteiger partial charge in [-0.25, -0.2) is 8.42 Å². The predicted octanol–water partition coefficient (Wildman–Crippen LogP) is 4.13. The second-order valence-electron chi connectivity index (χ2n) is 10.3. The van der Waals surface area contributed by atoms with Crippen molar-refractivity contribution in [2.45, 2.75) is 52.2 Å². The Hall–Kier alpha value is -4.25. The van der Waals surface area contributed by atoms with Gasteiger partial charge in [-0.2, -0.15) is 0 Å². The number of anilines is 1. The van der Waals surface area contributed by atoms with Gasteiger partial charge in [0, 0.05) is 25.1 Å². The Labute approximate surface area is 253 Å². The third kappa shape index (κ3) is 7.98. The van der Waals surface area contributed by atoms with Crippen LogP contribution in [-0.4, -0.2) is 63.4 Å². The van der Waals surface area contributed by atoms with E-state index in [-0.39, 0.29) is 43.1 Å². The van der Waals surface area contributed by atoms with Crippen molar-refractivity contribution >= 4 is 27.5 Å². The van der Waals surface area contributed by atoms with E-state index in [0.29, 0.717) is 23.7 Å². The smallest absolute Gasteiger partial charge is 0.244 e. The van der Waals surface area contributed by atoms with Crippen molar-refractivity contribution < 1.29 is 32.2 Å². The molecule has 0 aromatic heterocycles. The first-order chi connectivity index (χ1) is 20.6. The fourth-order valence-corrected chi connectivity index (χ4v) is 5.78. The van der Waals surface area contributed by atoms with Crippen LogP contribution in [0.1, 0.15) is 38.3 Å². The van der Waals surface area contributed by atoms with Crippen LogP contribution in [0.4, 0.5) is 5.69 Å². The van der Waals surface area contributed by atoms with Gasteiger partial charge in [0.05, 0.1) is 18.6 Å². The minimum Gasteiger partial charge on any atom is -0.497 e. The number of ether oxygens (including phenoxy) is 3. The van der Waals surface area contributed by atoms with Crippen molar-refractivity contribution in [3.63, 3.8) is 0 Å². The van der Waals surface area contributed by atoms with Gasteiger partial charge in [-0.1, -0.05) is 49.4 Å². The van der Waals surface area contributed by atoms with Crippen LogP contribution in [0, 0.1) is 0 Å². The van der Waals surface area contributed by atoms with Crippen LogP contribution in [0.3, 0.4) is 0 Å². The molecule has 2 atom stereocenters. The average molecular weight is 610 g/mol. The monoisotopic (exact) mass is 609 g/mol. The van der Waals surface area contributed by atoms with Crippen LogP contribution in [0.2, 0.25) is 0 Å². The maximum absolute atomic E-state index is 14.3. The Morgan fingerprint density at radius 1 is 0.953 bits per heavy atom. The van der Waals surface area contributed by atoms with Gasteiger partial charge >= 0.3 is 0 Å². The van der Waals surface area contributed by atoms with Crippen molar-refractivity contribution in [3.05, 3.63) is 83.9 Å². The Balaban J connectivity index is 1.76. The molecule has 3 aromatic rings. The van der Waals surface area contributed by atoms with E-state index in [1.807, 2.05) is 56.3 Å². The average Bonchev–Trinajstić information content (AvgIpc) is 3.50. The first-order valence-electron chi connectivity index (χ1n) is 14.3. The van der Waals surface area contributed by atoms with E-state index in [2.05, 4.69) is 5.32 Å². The Morgan fingerprint density at radius 2 is 1.67 bits per heavy atom. The lowest BCUT2D eigenvalue weighted by molar-refractivity contribution is -0.140. The van der Waals surface area contributed by atoms with E-state index < -0.39 is 28.5 Å². The number of methoxy groups -OCH3 is 1. The van der Waals surface area contributed by atoms with E-state index in [1.54, 1.807) is 37.4 Å². The highest BCUT2D eigenvalue weighted by molar-refractivity contribution is 7.92. The Morgan fingerprint density at radius 3 is 2.37 bits per heavy atom. The van der Waals surface area contributed by atoms with Crippen LogP contribution in [0.25, 0.3) is 0 Å². The molecule has 4 rings (SSSR count). The minimum atomic E-state index is -3.90. The number of amides is 2. The highest BCUT2D eigenvalue weighted by atomic mass is 32.2. The molecular formula is C32H39N3O7S. The van der Waals surface area contributed by atoms with E-state index in [4.69, 9.17) is 14.2 Å². The summed E-state index contributed by atoms with van der Waals surface area (Å²) in [6.45, 7) is 4.96. The molecule has 1 N–H and O–H groups in total. The van der Waals surface area contributed by atoms with Gasteiger partial charge in [0.15, 0.2) is 11.5 Å². The van der Waals surface area contributed by atoms with Gasteiger partial charge in [0.25, 0.3) is 0 Å². The van der Waals surface area contributed by atoms with E-state index >= 15 is 0 Å². The number of benzene rings is 3. The Bertz CT molecular complexity index is 1510. The lowest BCUT2D eigenvalue weighted by Gasteiger charge is -2.34. The molecule has 0 bridgehead atoms. The van der Waals surface area contributed by atoms with Crippen LogP contribution >= 0.6 is 0 Å². The summed E-state index contributed by atoms with van der Waals surface area (Å²) in [6, 6.07) is 20.4. The number of hydrogen-bond donors (Lipinski definition) is 1. The molecule has 0 saturated heterocycles. The van der Waals surface area contributed by atoms with Crippen molar-refractivity contribution in [1.82, 2.24) is 10.2 Å². The van der Waals surface area contributed by atoms with E-state index in [9.17, 15) is 18.0 Å². The summed E-state index contributed by atoms with van der Waals surface area (Å²) < 4.78 is 44.1. The fourth-order valence-electron chi connectivity index (χ4n) is 4.72. The number of nitrogens with zero attached hydrogens (tertiary/aromatic N) is 2. The predicted molar refractivity (Wildman–Crippen MR) is 165 cm³/mol. The van der Waals surface area contributed by atoms with Crippen molar-refractivity contribution in [2.75, 3.05) is 30.5 Å². The number of rotatable bonds is 14. The first-order valence-corrected chi connectivity index (χ1v) is 15.9. The summed E-state index contributed by atoms with van der Waals surface area (Å²) in [5, 5.41) is 3.03. The maximum Gasteiger partial charge on any atom is 0.244 e. The molecule has 0 aliphatic carbocycles. The number of fused-ring (bicyclic) bond motifs is 1. The van der Waals surface area contributed by atoms with Gasteiger partial charge < -0.3 is 24.4 Å². The second kappa shape index (κ2) is 14.3. The highest BCUT2D eigenvalue weighted by Crippen LogP contribution is 2.36. The minimum absolute atomic E-state index is 0.0268. The number of nitrogens with one attached hydrogen (secondary N) is 1. The lowest BCUT2D eigenvalue weighted by Crippen LogP contribution is -2.54. The largest absolute Gasteiger partial charge is 0.497 e. The molecule has 1 heterocycles. The molecule has 1 aliphatic heterocycles. The van der Waals surface area contributed by atoms with Gasteiger partial charge in [-0.15, -0.1) is 0 Å². The molecule has 0 spiro atoms. The van der Waals surface area contributed by atoms with Crippen LogP contribution in [-0.2, 0) is 32.6 Å². The van der Waals surface area contributed by atoms with Gasteiger partial charge in [-0.3, -0.25) is 13.9 Å². The van der Waals surface area contributed by atoms with E-state index in [0.717, 1.165) is 15.4 Å². The first kappa shape index (κ1) is 31.7. The summed E-state index contributed by atoms with van der Waals surface area (Å²) in [4.78, 5) is 29.6. The van der Waals surface area contributed by atoms with Gasteiger partial charge in [0.2, 0.25) is 28.6 Å². The Kier molecular flexibility index (Phi) is 10.5. The van der Waals surface area contributed by atoms with Crippen molar-refractivity contribution in [1.29, 1.82) is 0 Å². The molecule has 0 radical (unpaired) electrons. The lowest BCUT2D eigenvalue weighted by atomic mass is 10.0. The molecule has 2 amide bonds. The second-order valence-corrected chi connectivity index (χ2v) is 12.5. The van der Waals surface area contributed by atoms with Crippen LogP contribution in [0.5, 0.6) is 17.2 Å². The molecule has 230 valence electrons. The normalized spacial score (nSPS) is 13.6. The summed E-state index contributed by atoms with van der Waals surface area (Å²) >= 11 is 0. The standard InChI is InChI=1S/C32H39N3O7S/c1-5-23(3)33-32(37)28(18-24-11-8-7-9-12-24)34(20-25-13-10-14-27(17-25)40-4)31(36)21-35(43(38,39)6-2)26-15-16-29-30(19-26)42-22-41-29/h7-17,19,23,28H,5-6,18,20-22H2,1-4H3,(H,33,37)/t23-,28+/m1/s1. The topological polar surface area (TPSA) is 114 Å².